The first-order valence-corrected chi connectivity index (χ1v) is 10.6. The second-order valence-corrected chi connectivity index (χ2v) is 9.59. The van der Waals surface area contributed by atoms with E-state index >= 15 is 0 Å². The Balaban J connectivity index is 1.89. The van der Waals surface area contributed by atoms with Gasteiger partial charge in [0.05, 0.1) is 5.69 Å². The Morgan fingerprint density at radius 1 is 0.704 bits per heavy atom. The third kappa shape index (κ3) is 3.51. The van der Waals surface area contributed by atoms with Gasteiger partial charge >= 0.3 is 0 Å². The van der Waals surface area contributed by atoms with Crippen LogP contribution in [-0.4, -0.2) is 0 Å². The van der Waals surface area contributed by atoms with Crippen molar-refractivity contribution >= 4 is 64.8 Å². The molecule has 0 spiro atoms. The molecule has 0 saturated heterocycles. The second kappa shape index (κ2) is 6.96. The van der Waals surface area contributed by atoms with Crippen molar-refractivity contribution in [1.29, 1.82) is 0 Å². The Hall–Kier alpha value is -1.84. The zero-order chi connectivity index (χ0) is 19.2. The molecule has 1 nitrogen and oxygen atoms in total. The van der Waals surface area contributed by atoms with Crippen molar-refractivity contribution in [2.24, 2.45) is 0 Å². The van der Waals surface area contributed by atoms with E-state index in [9.17, 15) is 0 Å². The highest BCUT2D eigenvalue weighted by atomic mass is 79.9. The third-order valence-corrected chi connectivity index (χ3v) is 6.19. The minimum absolute atomic E-state index is 0.0964. The molecule has 0 heterocycles. The predicted molar refractivity (Wildman–Crippen MR) is 125 cm³/mol. The van der Waals surface area contributed by atoms with Crippen molar-refractivity contribution in [3.05, 3.63) is 81.2 Å². The van der Waals surface area contributed by atoms with E-state index in [4.69, 9.17) is 0 Å². The van der Waals surface area contributed by atoms with Crippen LogP contribution in [0.2, 0.25) is 0 Å². The summed E-state index contributed by atoms with van der Waals surface area (Å²) in [6.45, 7) is 6.68. The number of benzene rings is 4. The van der Waals surface area contributed by atoms with E-state index in [-0.39, 0.29) is 5.41 Å². The van der Waals surface area contributed by atoms with Gasteiger partial charge in [0.1, 0.15) is 0 Å². The maximum absolute atomic E-state index is 3.77. The minimum atomic E-state index is 0.0964. The summed E-state index contributed by atoms with van der Waals surface area (Å²) in [5.74, 6) is 0. The van der Waals surface area contributed by atoms with Gasteiger partial charge in [-0.15, -0.1) is 0 Å². The molecule has 0 radical (unpaired) electrons. The first-order valence-electron chi connectivity index (χ1n) is 9.01. The number of hydrogen-bond acceptors (Lipinski definition) is 1. The first kappa shape index (κ1) is 18.5. The summed E-state index contributed by atoms with van der Waals surface area (Å²) in [5, 5.41) is 8.65. The van der Waals surface area contributed by atoms with E-state index in [1.807, 2.05) is 0 Å². The zero-order valence-corrected chi connectivity index (χ0v) is 18.8. The fourth-order valence-corrected chi connectivity index (χ4v) is 4.80. The van der Waals surface area contributed by atoms with E-state index in [2.05, 4.69) is 125 Å². The van der Waals surface area contributed by atoms with Gasteiger partial charge in [-0.25, -0.2) is 0 Å². The van der Waals surface area contributed by atoms with Crippen LogP contribution in [0, 0.1) is 0 Å². The smallest absolute Gasteiger partial charge is 0.0673 e. The van der Waals surface area contributed by atoms with Crippen LogP contribution in [0.25, 0.3) is 21.5 Å². The van der Waals surface area contributed by atoms with Crippen LogP contribution in [0.5, 0.6) is 0 Å². The molecule has 0 aliphatic rings. The number of anilines is 2. The Bertz CT molecular complexity index is 1130. The van der Waals surface area contributed by atoms with Gasteiger partial charge in [-0.2, -0.15) is 0 Å². The third-order valence-electron chi connectivity index (χ3n) is 4.94. The quantitative estimate of drug-likeness (QED) is 0.282. The molecule has 0 amide bonds. The fourth-order valence-electron chi connectivity index (χ4n) is 3.42. The second-order valence-electron chi connectivity index (χ2n) is 7.88. The summed E-state index contributed by atoms with van der Waals surface area (Å²) in [4.78, 5) is 0. The summed E-state index contributed by atoms with van der Waals surface area (Å²) in [5.41, 5.74) is 3.53. The van der Waals surface area contributed by atoms with E-state index < -0.39 is 0 Å². The molecule has 0 bridgehead atoms. The number of rotatable bonds is 2. The summed E-state index contributed by atoms with van der Waals surface area (Å²) in [6.07, 6.45) is 0. The highest BCUT2D eigenvalue weighted by Gasteiger charge is 2.18. The topological polar surface area (TPSA) is 12.0 Å². The standard InChI is InChI=1S/C24H21Br2N/c1-24(2,3)16-13-20(25)23(21(26)14-16)27-22-12-15-8-4-5-9-17(15)18-10-6-7-11-19(18)22/h4-14,27H,1-3H3. The summed E-state index contributed by atoms with van der Waals surface area (Å²) >= 11 is 7.54. The SMILES string of the molecule is CC(C)(C)c1cc(Br)c(Nc2cc3ccccc3c3ccccc23)c(Br)c1. The largest absolute Gasteiger partial charge is 0.353 e. The van der Waals surface area contributed by atoms with Crippen LogP contribution >= 0.6 is 31.9 Å². The van der Waals surface area contributed by atoms with E-state index in [0.717, 1.165) is 20.3 Å². The van der Waals surface area contributed by atoms with Crippen LogP contribution in [0.1, 0.15) is 26.3 Å². The lowest BCUT2D eigenvalue weighted by molar-refractivity contribution is 0.589. The minimum Gasteiger partial charge on any atom is -0.353 e. The Labute approximate surface area is 177 Å². The van der Waals surface area contributed by atoms with E-state index in [1.54, 1.807) is 0 Å². The zero-order valence-electron chi connectivity index (χ0n) is 15.6. The van der Waals surface area contributed by atoms with Crippen molar-refractivity contribution in [2.45, 2.75) is 26.2 Å². The van der Waals surface area contributed by atoms with Gasteiger partial charge in [0.2, 0.25) is 0 Å². The molecule has 0 aromatic heterocycles. The molecule has 1 N–H and O–H groups in total. The lowest BCUT2D eigenvalue weighted by Crippen LogP contribution is -2.11. The van der Waals surface area contributed by atoms with Crippen molar-refractivity contribution in [2.75, 3.05) is 5.32 Å². The molecule has 0 saturated carbocycles. The predicted octanol–water partition coefficient (Wildman–Crippen LogP) is 8.56. The highest BCUT2D eigenvalue weighted by molar-refractivity contribution is 9.11. The van der Waals surface area contributed by atoms with Gasteiger partial charge in [0.25, 0.3) is 0 Å². The summed E-state index contributed by atoms with van der Waals surface area (Å²) < 4.78 is 2.11. The molecule has 4 aromatic rings. The van der Waals surface area contributed by atoms with Crippen LogP contribution in [-0.2, 0) is 5.41 Å². The average Bonchev–Trinajstić information content (AvgIpc) is 2.63. The molecule has 4 rings (SSSR count). The molecule has 0 aliphatic carbocycles. The number of nitrogens with one attached hydrogen (secondary N) is 1. The lowest BCUT2D eigenvalue weighted by atomic mass is 9.87. The van der Waals surface area contributed by atoms with Gasteiger partial charge in [0, 0.05) is 20.0 Å². The van der Waals surface area contributed by atoms with E-state index in [1.165, 1.54) is 27.1 Å². The molecule has 0 atom stereocenters. The van der Waals surface area contributed by atoms with Gasteiger partial charge in [-0.05, 0) is 77.2 Å². The normalized spacial score (nSPS) is 11.9. The summed E-state index contributed by atoms with van der Waals surface area (Å²) in [7, 11) is 0. The van der Waals surface area contributed by atoms with Crippen LogP contribution in [0.3, 0.4) is 0 Å². The first-order chi connectivity index (χ1) is 12.8. The van der Waals surface area contributed by atoms with Crippen molar-refractivity contribution < 1.29 is 0 Å². The monoisotopic (exact) mass is 481 g/mol. The van der Waals surface area contributed by atoms with Crippen molar-refractivity contribution in [3.8, 4) is 0 Å². The van der Waals surface area contributed by atoms with Crippen LogP contribution in [0.4, 0.5) is 11.4 Å². The maximum Gasteiger partial charge on any atom is 0.0673 e. The van der Waals surface area contributed by atoms with E-state index in [0.29, 0.717) is 0 Å². The molecule has 136 valence electrons. The lowest BCUT2D eigenvalue weighted by Gasteiger charge is -2.22. The van der Waals surface area contributed by atoms with Crippen LogP contribution in [0.15, 0.2) is 75.7 Å². The Kier molecular flexibility index (Phi) is 4.77. The number of fused-ring (bicyclic) bond motifs is 3. The van der Waals surface area contributed by atoms with Gasteiger partial charge in [-0.1, -0.05) is 69.3 Å². The average molecular weight is 483 g/mol. The molecule has 0 aliphatic heterocycles. The van der Waals surface area contributed by atoms with Crippen molar-refractivity contribution in [1.82, 2.24) is 0 Å². The molecule has 4 aromatic carbocycles. The maximum atomic E-state index is 3.77. The molecule has 0 fully saturated rings. The molecular weight excluding hydrogens is 462 g/mol. The molecular formula is C24H21Br2N. The fraction of sp³-hybridized carbons (Fsp3) is 0.167. The molecule has 0 unspecified atom stereocenters. The molecule has 3 heteroatoms. The van der Waals surface area contributed by atoms with Crippen LogP contribution < -0.4 is 5.32 Å². The van der Waals surface area contributed by atoms with Gasteiger partial charge in [-0.3, -0.25) is 0 Å². The molecule has 27 heavy (non-hydrogen) atoms. The Morgan fingerprint density at radius 2 is 1.26 bits per heavy atom. The summed E-state index contributed by atoms with van der Waals surface area (Å²) in [6, 6.07) is 23.7. The van der Waals surface area contributed by atoms with Crippen molar-refractivity contribution in [3.63, 3.8) is 0 Å². The highest BCUT2D eigenvalue weighted by Crippen LogP contribution is 2.40. The van der Waals surface area contributed by atoms with Gasteiger partial charge in [0.15, 0.2) is 0 Å². The number of hydrogen-bond donors (Lipinski definition) is 1. The van der Waals surface area contributed by atoms with Gasteiger partial charge < -0.3 is 5.32 Å². The number of halogens is 2. The Morgan fingerprint density at radius 3 is 1.89 bits per heavy atom.